The van der Waals surface area contributed by atoms with E-state index in [2.05, 4.69) is 5.32 Å². The molecule has 0 heterocycles. The summed E-state index contributed by atoms with van der Waals surface area (Å²) in [6, 6.07) is 17.1. The molecular weight excluding hydrogens is 250 g/mol. The van der Waals surface area contributed by atoms with Gasteiger partial charge in [-0.1, -0.05) is 30.7 Å². The van der Waals surface area contributed by atoms with Crippen molar-refractivity contribution >= 4 is 11.6 Å². The van der Waals surface area contributed by atoms with Crippen molar-refractivity contribution in [2.24, 2.45) is 5.92 Å². The fraction of sp³-hybridized carbons (Fsp3) is 0.235. The number of carbonyl (C=O) groups excluding carboxylic acids is 1. The summed E-state index contributed by atoms with van der Waals surface area (Å²) in [5, 5.41) is 2.95. The second kappa shape index (κ2) is 5.78. The number of hydrogen-bond acceptors (Lipinski definition) is 2. The molecule has 1 N–H and O–H groups in total. The monoisotopic (exact) mass is 267 g/mol. The van der Waals surface area contributed by atoms with Crippen LogP contribution in [0.1, 0.15) is 19.3 Å². The first-order valence-electron chi connectivity index (χ1n) is 6.95. The summed E-state index contributed by atoms with van der Waals surface area (Å²) in [5.41, 5.74) is 0.787. The molecule has 1 saturated carbocycles. The van der Waals surface area contributed by atoms with Crippen LogP contribution in [0.2, 0.25) is 0 Å². The van der Waals surface area contributed by atoms with Crippen molar-refractivity contribution in [3.05, 3.63) is 54.6 Å². The van der Waals surface area contributed by atoms with Gasteiger partial charge in [-0.3, -0.25) is 4.79 Å². The number of ether oxygens (including phenoxy) is 1. The van der Waals surface area contributed by atoms with Gasteiger partial charge in [0.05, 0.1) is 0 Å². The van der Waals surface area contributed by atoms with Crippen molar-refractivity contribution in [2.75, 3.05) is 5.32 Å². The molecule has 0 bridgehead atoms. The number of amides is 1. The van der Waals surface area contributed by atoms with Crippen molar-refractivity contribution in [2.45, 2.75) is 19.3 Å². The smallest absolute Gasteiger partial charge is 0.227 e. The lowest BCUT2D eigenvalue weighted by molar-refractivity contribution is -0.122. The summed E-state index contributed by atoms with van der Waals surface area (Å²) < 4.78 is 5.75. The van der Waals surface area contributed by atoms with Crippen molar-refractivity contribution in [3.63, 3.8) is 0 Å². The predicted octanol–water partition coefficient (Wildman–Crippen LogP) is 4.22. The van der Waals surface area contributed by atoms with E-state index in [1.165, 1.54) is 0 Å². The highest BCUT2D eigenvalue weighted by Gasteiger charge is 2.25. The fourth-order valence-electron chi connectivity index (χ4n) is 2.18. The third kappa shape index (κ3) is 2.99. The zero-order valence-corrected chi connectivity index (χ0v) is 11.2. The highest BCUT2D eigenvalue weighted by atomic mass is 16.5. The molecule has 2 aromatic carbocycles. The van der Waals surface area contributed by atoms with Crippen molar-refractivity contribution in [1.29, 1.82) is 0 Å². The van der Waals surface area contributed by atoms with E-state index >= 15 is 0 Å². The number of rotatable bonds is 4. The molecule has 0 atom stereocenters. The molecule has 20 heavy (non-hydrogen) atoms. The van der Waals surface area contributed by atoms with Crippen molar-refractivity contribution in [3.8, 4) is 11.5 Å². The van der Waals surface area contributed by atoms with Crippen LogP contribution in [0.25, 0.3) is 0 Å². The van der Waals surface area contributed by atoms with Gasteiger partial charge < -0.3 is 10.1 Å². The van der Waals surface area contributed by atoms with Crippen LogP contribution in [-0.4, -0.2) is 5.91 Å². The van der Waals surface area contributed by atoms with Gasteiger partial charge in [0.2, 0.25) is 5.91 Å². The average molecular weight is 267 g/mol. The summed E-state index contributed by atoms with van der Waals surface area (Å²) in [6.07, 6.45) is 3.17. The predicted molar refractivity (Wildman–Crippen MR) is 78.9 cm³/mol. The number of carbonyl (C=O) groups is 1. The lowest BCUT2D eigenvalue weighted by atomic mass is 9.85. The molecule has 0 unspecified atom stereocenters. The largest absolute Gasteiger partial charge is 0.457 e. The molecule has 102 valence electrons. The molecule has 2 aromatic rings. The molecule has 0 aromatic heterocycles. The Bertz CT molecular complexity index is 591. The minimum Gasteiger partial charge on any atom is -0.457 e. The molecule has 3 rings (SSSR count). The SMILES string of the molecule is O=C(Nc1cccc(Oc2ccccc2)c1)C1CCC1. The summed E-state index contributed by atoms with van der Waals surface area (Å²) in [5.74, 6) is 1.82. The van der Waals surface area contributed by atoms with E-state index in [9.17, 15) is 4.79 Å². The van der Waals surface area contributed by atoms with Crippen molar-refractivity contribution in [1.82, 2.24) is 0 Å². The molecule has 3 nitrogen and oxygen atoms in total. The van der Waals surface area contributed by atoms with E-state index in [1.54, 1.807) is 0 Å². The van der Waals surface area contributed by atoms with Crippen LogP contribution in [0.4, 0.5) is 5.69 Å². The standard InChI is InChI=1S/C17H17NO2/c19-17(13-6-4-7-13)18-14-8-5-11-16(12-14)20-15-9-2-1-3-10-15/h1-3,5,8-13H,4,6-7H2,(H,18,19). The Balaban J connectivity index is 1.67. The van der Waals surface area contributed by atoms with E-state index in [0.717, 1.165) is 36.4 Å². The third-order valence-corrected chi connectivity index (χ3v) is 3.56. The molecule has 3 heteroatoms. The number of nitrogens with one attached hydrogen (secondary N) is 1. The van der Waals surface area contributed by atoms with Gasteiger partial charge in [-0.25, -0.2) is 0 Å². The topological polar surface area (TPSA) is 38.3 Å². The van der Waals surface area contributed by atoms with Crippen LogP contribution >= 0.6 is 0 Å². The molecule has 0 saturated heterocycles. The van der Waals surface area contributed by atoms with E-state index in [1.807, 2.05) is 54.6 Å². The van der Waals surface area contributed by atoms with E-state index in [-0.39, 0.29) is 11.8 Å². The Morgan fingerprint density at radius 3 is 2.45 bits per heavy atom. The minimum absolute atomic E-state index is 0.119. The van der Waals surface area contributed by atoms with Crippen molar-refractivity contribution < 1.29 is 9.53 Å². The van der Waals surface area contributed by atoms with Crippen LogP contribution in [0.5, 0.6) is 11.5 Å². The zero-order chi connectivity index (χ0) is 13.8. The zero-order valence-electron chi connectivity index (χ0n) is 11.2. The Labute approximate surface area is 118 Å². The Kier molecular flexibility index (Phi) is 3.68. The average Bonchev–Trinajstić information content (AvgIpc) is 2.38. The summed E-state index contributed by atoms with van der Waals surface area (Å²) >= 11 is 0. The van der Waals surface area contributed by atoms with Gasteiger partial charge in [-0.2, -0.15) is 0 Å². The molecule has 1 amide bonds. The second-order valence-electron chi connectivity index (χ2n) is 5.06. The number of hydrogen-bond donors (Lipinski definition) is 1. The van der Waals surface area contributed by atoms with E-state index in [0.29, 0.717) is 0 Å². The van der Waals surface area contributed by atoms with Crippen LogP contribution in [0, 0.1) is 5.92 Å². The number of para-hydroxylation sites is 1. The van der Waals surface area contributed by atoms with Crippen LogP contribution < -0.4 is 10.1 Å². The molecule has 1 aliphatic rings. The quantitative estimate of drug-likeness (QED) is 0.900. The minimum atomic E-state index is 0.119. The highest BCUT2D eigenvalue weighted by Crippen LogP contribution is 2.29. The van der Waals surface area contributed by atoms with Gasteiger partial charge in [0.25, 0.3) is 0 Å². The molecule has 0 spiro atoms. The third-order valence-electron chi connectivity index (χ3n) is 3.56. The Morgan fingerprint density at radius 1 is 1.00 bits per heavy atom. The summed E-state index contributed by atoms with van der Waals surface area (Å²) in [6.45, 7) is 0. The van der Waals surface area contributed by atoms with Gasteiger partial charge in [0.15, 0.2) is 0 Å². The molecule has 1 fully saturated rings. The van der Waals surface area contributed by atoms with Crippen LogP contribution in [0.15, 0.2) is 54.6 Å². The highest BCUT2D eigenvalue weighted by molar-refractivity contribution is 5.93. The maximum atomic E-state index is 11.9. The van der Waals surface area contributed by atoms with Gasteiger partial charge in [-0.05, 0) is 37.1 Å². The van der Waals surface area contributed by atoms with E-state index < -0.39 is 0 Å². The first kappa shape index (κ1) is 12.7. The molecular formula is C17H17NO2. The Hall–Kier alpha value is -2.29. The molecule has 1 aliphatic carbocycles. The van der Waals surface area contributed by atoms with Gasteiger partial charge >= 0.3 is 0 Å². The Morgan fingerprint density at radius 2 is 1.75 bits per heavy atom. The maximum absolute atomic E-state index is 11.9. The molecule has 0 aliphatic heterocycles. The van der Waals surface area contributed by atoms with E-state index in [4.69, 9.17) is 4.74 Å². The summed E-state index contributed by atoms with van der Waals surface area (Å²) in [7, 11) is 0. The number of benzene rings is 2. The first-order chi connectivity index (χ1) is 9.81. The first-order valence-corrected chi connectivity index (χ1v) is 6.95. The normalized spacial score (nSPS) is 14.4. The lowest BCUT2D eigenvalue weighted by Gasteiger charge is -2.24. The summed E-state index contributed by atoms with van der Waals surface area (Å²) in [4.78, 5) is 11.9. The second-order valence-corrected chi connectivity index (χ2v) is 5.06. The van der Waals surface area contributed by atoms with Gasteiger partial charge in [-0.15, -0.1) is 0 Å². The molecule has 0 radical (unpaired) electrons. The van der Waals surface area contributed by atoms with Crippen LogP contribution in [0.3, 0.4) is 0 Å². The lowest BCUT2D eigenvalue weighted by Crippen LogP contribution is -2.27. The van der Waals surface area contributed by atoms with Gasteiger partial charge in [0, 0.05) is 17.7 Å². The number of anilines is 1. The van der Waals surface area contributed by atoms with Crippen LogP contribution in [-0.2, 0) is 4.79 Å². The maximum Gasteiger partial charge on any atom is 0.227 e. The van der Waals surface area contributed by atoms with Gasteiger partial charge in [0.1, 0.15) is 11.5 Å². The fourth-order valence-corrected chi connectivity index (χ4v) is 2.18.